The number of nitrogens with zero attached hydrogens (tertiary/aromatic N) is 2. The highest BCUT2D eigenvalue weighted by molar-refractivity contribution is 5.25. The van der Waals surface area contributed by atoms with Gasteiger partial charge in [0.25, 0.3) is 0 Å². The summed E-state index contributed by atoms with van der Waals surface area (Å²) in [6, 6.07) is 25.2. The molecule has 0 aliphatic heterocycles. The summed E-state index contributed by atoms with van der Waals surface area (Å²) < 4.78 is 5.79. The van der Waals surface area contributed by atoms with Crippen molar-refractivity contribution < 1.29 is 4.74 Å². The van der Waals surface area contributed by atoms with Gasteiger partial charge in [0, 0.05) is 13.2 Å². The molecular formula is C30H40N2O. The Kier molecular flexibility index (Phi) is 14.4. The highest BCUT2D eigenvalue weighted by Gasteiger charge is 2.10. The molecular weight excluding hydrogens is 404 g/mol. The zero-order valence-electron chi connectivity index (χ0n) is 20.1. The number of hydrogen-bond donors (Lipinski definition) is 0. The van der Waals surface area contributed by atoms with E-state index in [9.17, 15) is 10.5 Å². The van der Waals surface area contributed by atoms with E-state index in [4.69, 9.17) is 4.74 Å². The van der Waals surface area contributed by atoms with Crippen molar-refractivity contribution >= 4 is 0 Å². The topological polar surface area (TPSA) is 56.8 Å². The Labute approximate surface area is 201 Å². The molecule has 3 nitrogen and oxygen atoms in total. The van der Waals surface area contributed by atoms with Gasteiger partial charge in [0.05, 0.1) is 24.0 Å². The first-order valence-corrected chi connectivity index (χ1v) is 12.8. The molecule has 0 aromatic heterocycles. The van der Waals surface area contributed by atoms with Gasteiger partial charge < -0.3 is 4.74 Å². The Morgan fingerprint density at radius 1 is 0.515 bits per heavy atom. The van der Waals surface area contributed by atoms with Gasteiger partial charge in [-0.1, -0.05) is 112 Å². The Morgan fingerprint density at radius 2 is 0.879 bits per heavy atom. The molecule has 2 aromatic rings. The quantitative estimate of drug-likeness (QED) is 0.217. The first-order chi connectivity index (χ1) is 16.3. The highest BCUT2D eigenvalue weighted by atomic mass is 16.5. The fraction of sp³-hybridized carbons (Fsp3) is 0.533. The van der Waals surface area contributed by atoms with Gasteiger partial charge in [0.1, 0.15) is 0 Å². The number of ether oxygens (including phenoxy) is 1. The summed E-state index contributed by atoms with van der Waals surface area (Å²) in [6.07, 6.45) is 13.7. The third kappa shape index (κ3) is 11.7. The van der Waals surface area contributed by atoms with Crippen LogP contribution >= 0.6 is 0 Å². The van der Waals surface area contributed by atoms with Crippen LogP contribution in [0, 0.1) is 22.7 Å². The zero-order valence-corrected chi connectivity index (χ0v) is 20.1. The van der Waals surface area contributed by atoms with E-state index in [1.807, 2.05) is 36.4 Å². The molecule has 176 valence electrons. The van der Waals surface area contributed by atoms with Crippen molar-refractivity contribution in [2.45, 2.75) is 88.9 Å². The highest BCUT2D eigenvalue weighted by Crippen LogP contribution is 2.23. The molecule has 0 amide bonds. The minimum Gasteiger partial charge on any atom is -0.381 e. The molecule has 0 spiro atoms. The van der Waals surface area contributed by atoms with Gasteiger partial charge in [-0.05, 0) is 36.8 Å². The second-order valence-electron chi connectivity index (χ2n) is 8.91. The van der Waals surface area contributed by atoms with Crippen LogP contribution in [0.1, 0.15) is 100 Å². The zero-order chi connectivity index (χ0) is 23.4. The van der Waals surface area contributed by atoms with Crippen LogP contribution in [-0.2, 0) is 4.74 Å². The fourth-order valence-corrected chi connectivity index (χ4v) is 4.25. The lowest BCUT2D eigenvalue weighted by molar-refractivity contribution is 0.125. The van der Waals surface area contributed by atoms with E-state index in [1.54, 1.807) is 0 Å². The van der Waals surface area contributed by atoms with E-state index in [0.29, 0.717) is 0 Å². The van der Waals surface area contributed by atoms with E-state index < -0.39 is 0 Å². The Balaban J connectivity index is 1.35. The first-order valence-electron chi connectivity index (χ1n) is 12.8. The molecule has 2 rings (SSSR count). The van der Waals surface area contributed by atoms with Crippen LogP contribution in [0.2, 0.25) is 0 Å². The lowest BCUT2D eigenvalue weighted by Gasteiger charge is -2.09. The standard InChI is InChI=1S/C30H40N2O/c31-25-29(27-17-11-7-12-18-27)21-9-3-1-5-15-23-33-24-16-6-2-4-10-22-30(26-32)28-19-13-8-14-20-28/h7-8,11-14,17-20,29-30H,1-6,9-10,15-16,21-24H2. The second kappa shape index (κ2) is 17.9. The van der Waals surface area contributed by atoms with Crippen molar-refractivity contribution in [2.24, 2.45) is 0 Å². The van der Waals surface area contributed by atoms with Crippen LogP contribution in [0.4, 0.5) is 0 Å². The summed E-state index contributed by atoms with van der Waals surface area (Å²) >= 11 is 0. The second-order valence-corrected chi connectivity index (χ2v) is 8.91. The summed E-state index contributed by atoms with van der Waals surface area (Å²) in [7, 11) is 0. The number of rotatable bonds is 18. The normalized spacial score (nSPS) is 12.5. The molecule has 0 N–H and O–H groups in total. The molecule has 3 heteroatoms. The van der Waals surface area contributed by atoms with Gasteiger partial charge >= 0.3 is 0 Å². The molecule has 0 radical (unpaired) electrons. The van der Waals surface area contributed by atoms with Gasteiger partial charge in [0.2, 0.25) is 0 Å². The minimum absolute atomic E-state index is 0.0335. The molecule has 0 saturated heterocycles. The number of nitriles is 2. The van der Waals surface area contributed by atoms with Crippen LogP contribution in [0.15, 0.2) is 60.7 Å². The van der Waals surface area contributed by atoms with E-state index in [0.717, 1.165) is 62.9 Å². The Bertz CT molecular complexity index is 737. The largest absolute Gasteiger partial charge is 0.381 e. The number of unbranched alkanes of at least 4 members (excludes halogenated alkanes) is 8. The molecule has 0 aliphatic carbocycles. The monoisotopic (exact) mass is 444 g/mol. The van der Waals surface area contributed by atoms with Crippen LogP contribution in [0.25, 0.3) is 0 Å². The fourth-order valence-electron chi connectivity index (χ4n) is 4.25. The Hall–Kier alpha value is -2.62. The maximum absolute atomic E-state index is 9.38. The summed E-state index contributed by atoms with van der Waals surface area (Å²) in [5, 5.41) is 18.8. The predicted molar refractivity (Wildman–Crippen MR) is 136 cm³/mol. The van der Waals surface area contributed by atoms with E-state index in [-0.39, 0.29) is 11.8 Å². The van der Waals surface area contributed by atoms with Crippen LogP contribution < -0.4 is 0 Å². The predicted octanol–water partition coefficient (Wildman–Crippen LogP) is 8.30. The lowest BCUT2D eigenvalue weighted by Crippen LogP contribution is -1.98. The maximum atomic E-state index is 9.38. The van der Waals surface area contributed by atoms with E-state index in [2.05, 4.69) is 36.4 Å². The van der Waals surface area contributed by atoms with Crippen LogP contribution in [-0.4, -0.2) is 13.2 Å². The molecule has 0 heterocycles. The van der Waals surface area contributed by atoms with E-state index >= 15 is 0 Å². The first kappa shape index (κ1) is 26.6. The van der Waals surface area contributed by atoms with E-state index in [1.165, 1.54) is 38.5 Å². The third-order valence-corrected chi connectivity index (χ3v) is 6.28. The van der Waals surface area contributed by atoms with Crippen molar-refractivity contribution in [1.82, 2.24) is 0 Å². The molecule has 2 unspecified atom stereocenters. The lowest BCUT2D eigenvalue weighted by atomic mass is 9.94. The van der Waals surface area contributed by atoms with Gasteiger partial charge in [-0.2, -0.15) is 10.5 Å². The van der Waals surface area contributed by atoms with Crippen molar-refractivity contribution in [2.75, 3.05) is 13.2 Å². The summed E-state index contributed by atoms with van der Waals surface area (Å²) in [6.45, 7) is 1.73. The maximum Gasteiger partial charge on any atom is 0.0712 e. The SMILES string of the molecule is N#CC(CCCCCCCOCCCCCCCC(C#N)c1ccccc1)c1ccccc1. The van der Waals surface area contributed by atoms with Gasteiger partial charge in [-0.15, -0.1) is 0 Å². The van der Waals surface area contributed by atoms with Crippen LogP contribution in [0.5, 0.6) is 0 Å². The molecule has 0 aliphatic rings. The summed E-state index contributed by atoms with van der Waals surface area (Å²) in [5.74, 6) is 0.0670. The van der Waals surface area contributed by atoms with Crippen LogP contribution in [0.3, 0.4) is 0 Å². The van der Waals surface area contributed by atoms with Gasteiger partial charge in [0.15, 0.2) is 0 Å². The molecule has 0 saturated carbocycles. The number of benzene rings is 2. The number of hydrogen-bond acceptors (Lipinski definition) is 3. The Morgan fingerprint density at radius 3 is 1.27 bits per heavy atom. The van der Waals surface area contributed by atoms with Crippen molar-refractivity contribution in [3.05, 3.63) is 71.8 Å². The van der Waals surface area contributed by atoms with Crippen molar-refractivity contribution in [3.63, 3.8) is 0 Å². The van der Waals surface area contributed by atoms with Crippen molar-refractivity contribution in [1.29, 1.82) is 10.5 Å². The average molecular weight is 445 g/mol. The molecule has 0 fully saturated rings. The minimum atomic E-state index is 0.0335. The summed E-state index contributed by atoms with van der Waals surface area (Å²) in [4.78, 5) is 0. The molecule has 0 bridgehead atoms. The molecule has 2 atom stereocenters. The third-order valence-electron chi connectivity index (χ3n) is 6.28. The van der Waals surface area contributed by atoms with Gasteiger partial charge in [-0.3, -0.25) is 0 Å². The summed E-state index contributed by atoms with van der Waals surface area (Å²) in [5.41, 5.74) is 2.29. The average Bonchev–Trinajstić information content (AvgIpc) is 2.87. The smallest absolute Gasteiger partial charge is 0.0712 e. The van der Waals surface area contributed by atoms with Gasteiger partial charge in [-0.25, -0.2) is 0 Å². The van der Waals surface area contributed by atoms with Crippen molar-refractivity contribution in [3.8, 4) is 12.1 Å². The molecule has 33 heavy (non-hydrogen) atoms. The molecule has 2 aromatic carbocycles.